The number of para-hydroxylation sites is 2. The smallest absolute Gasteiger partial charge is 0.296 e. The number of rotatable bonds is 10. The molecule has 0 bridgehead atoms. The summed E-state index contributed by atoms with van der Waals surface area (Å²) < 4.78 is 48.7. The number of hydrogen-bond donors (Lipinski definition) is 1. The van der Waals surface area contributed by atoms with Crippen molar-refractivity contribution in [3.8, 4) is 11.9 Å². The van der Waals surface area contributed by atoms with Crippen molar-refractivity contribution in [1.29, 1.82) is 5.26 Å². The van der Waals surface area contributed by atoms with E-state index >= 15 is 0 Å². The normalized spacial score (nSPS) is 20.7. The summed E-state index contributed by atoms with van der Waals surface area (Å²) in [7, 11) is 0. The number of imidazole rings is 1. The van der Waals surface area contributed by atoms with Crippen molar-refractivity contribution < 1.29 is 17.9 Å². The molecule has 0 radical (unpaired) electrons. The van der Waals surface area contributed by atoms with E-state index in [1.807, 2.05) is 4.90 Å². The Bertz CT molecular complexity index is 1310. The number of fused-ring (bicyclic) bond motifs is 1. The summed E-state index contributed by atoms with van der Waals surface area (Å²) in [4.78, 5) is 17.6. The van der Waals surface area contributed by atoms with E-state index in [4.69, 9.17) is 15.0 Å². The van der Waals surface area contributed by atoms with Gasteiger partial charge in [0.1, 0.15) is 17.8 Å². The molecule has 1 aliphatic carbocycles. The van der Waals surface area contributed by atoms with E-state index in [9.17, 15) is 13.2 Å². The molecule has 214 valence electrons. The molecule has 3 aromatic rings. The Hall–Kier alpha value is -3.43. The summed E-state index contributed by atoms with van der Waals surface area (Å²) in [6, 6.07) is 11.1. The number of anilines is 2. The molecule has 12 heteroatoms. The zero-order chi connectivity index (χ0) is 28.1. The number of benzene rings is 1. The predicted molar refractivity (Wildman–Crippen MR) is 147 cm³/mol. The zero-order valence-electron chi connectivity index (χ0n) is 22.6. The Labute approximate surface area is 232 Å². The van der Waals surface area contributed by atoms with Gasteiger partial charge in [-0.3, -0.25) is 9.47 Å². The van der Waals surface area contributed by atoms with Gasteiger partial charge < -0.3 is 15.0 Å². The predicted octanol–water partition coefficient (Wildman–Crippen LogP) is 4.74. The van der Waals surface area contributed by atoms with Crippen molar-refractivity contribution in [2.24, 2.45) is 5.92 Å². The number of alkyl halides is 3. The summed E-state index contributed by atoms with van der Waals surface area (Å²) in [6.45, 7) is 5.06. The van der Waals surface area contributed by atoms with Crippen molar-refractivity contribution in [3.05, 3.63) is 36.2 Å². The van der Waals surface area contributed by atoms with Crippen molar-refractivity contribution in [3.63, 3.8) is 0 Å². The highest BCUT2D eigenvalue weighted by molar-refractivity contribution is 5.78. The number of nitriles is 1. The first-order chi connectivity index (χ1) is 19.4. The number of halogens is 3. The molecule has 1 aromatic carbocycles. The average Bonchev–Trinajstić information content (AvgIpc) is 3.37. The van der Waals surface area contributed by atoms with E-state index in [0.29, 0.717) is 67.4 Å². The molecule has 1 N–H and O–H groups in total. The quantitative estimate of drug-likeness (QED) is 0.358. The Kier molecular flexibility index (Phi) is 9.01. The van der Waals surface area contributed by atoms with Gasteiger partial charge in [-0.05, 0) is 50.7 Å². The van der Waals surface area contributed by atoms with Crippen LogP contribution in [-0.4, -0.2) is 82.6 Å². The largest absolute Gasteiger partial charge is 0.378 e. The van der Waals surface area contributed by atoms with Crippen molar-refractivity contribution in [2.45, 2.75) is 51.2 Å². The van der Waals surface area contributed by atoms with E-state index < -0.39 is 12.6 Å². The third-order valence-electron chi connectivity index (χ3n) is 7.69. The van der Waals surface area contributed by atoms with Gasteiger partial charge in [0.15, 0.2) is 5.82 Å². The SMILES string of the molecule is CC(F)CN(CC#N)C1CCC(CNc2nc(N3CCOCC3)cc(-n3c(C(F)F)nc4ccccc43)n2)CC1. The molecule has 0 amide bonds. The Morgan fingerprint density at radius 3 is 2.50 bits per heavy atom. The second kappa shape index (κ2) is 12.8. The van der Waals surface area contributed by atoms with Gasteiger partial charge in [-0.1, -0.05) is 12.1 Å². The van der Waals surface area contributed by atoms with Crippen LogP contribution in [0, 0.1) is 17.2 Å². The Morgan fingerprint density at radius 2 is 1.80 bits per heavy atom. The molecule has 9 nitrogen and oxygen atoms in total. The molecule has 2 aliphatic rings. The maximum Gasteiger partial charge on any atom is 0.296 e. The minimum absolute atomic E-state index is 0.198. The lowest BCUT2D eigenvalue weighted by molar-refractivity contribution is 0.122. The topological polar surface area (TPSA) is 95.1 Å². The summed E-state index contributed by atoms with van der Waals surface area (Å²) in [5.74, 6) is 1.34. The van der Waals surface area contributed by atoms with Gasteiger partial charge in [0, 0.05) is 38.3 Å². The van der Waals surface area contributed by atoms with Gasteiger partial charge >= 0.3 is 0 Å². The first kappa shape index (κ1) is 28.1. The molecule has 1 unspecified atom stereocenters. The fourth-order valence-electron chi connectivity index (χ4n) is 5.71. The van der Waals surface area contributed by atoms with Gasteiger partial charge in [0.2, 0.25) is 5.95 Å². The van der Waals surface area contributed by atoms with Crippen LogP contribution in [0.4, 0.5) is 24.9 Å². The molecule has 1 atom stereocenters. The summed E-state index contributed by atoms with van der Waals surface area (Å²) in [5.41, 5.74) is 1.03. The molecule has 3 heterocycles. The molecule has 5 rings (SSSR count). The third kappa shape index (κ3) is 6.47. The van der Waals surface area contributed by atoms with Crippen LogP contribution >= 0.6 is 0 Å². The zero-order valence-corrected chi connectivity index (χ0v) is 22.6. The van der Waals surface area contributed by atoms with Crippen LogP contribution in [0.3, 0.4) is 0 Å². The molecular weight excluding hydrogens is 521 g/mol. The van der Waals surface area contributed by atoms with Gasteiger partial charge in [-0.25, -0.2) is 18.2 Å². The summed E-state index contributed by atoms with van der Waals surface area (Å²) >= 11 is 0. The lowest BCUT2D eigenvalue weighted by atomic mass is 9.85. The average molecular weight is 557 g/mol. The summed E-state index contributed by atoms with van der Waals surface area (Å²) in [6.07, 6.45) is -0.118. The fourth-order valence-corrected chi connectivity index (χ4v) is 5.71. The van der Waals surface area contributed by atoms with Gasteiger partial charge in [-0.15, -0.1) is 0 Å². The van der Waals surface area contributed by atoms with Crippen LogP contribution in [-0.2, 0) is 4.74 Å². The molecule has 40 heavy (non-hydrogen) atoms. The van der Waals surface area contributed by atoms with E-state index in [2.05, 4.69) is 26.3 Å². The van der Waals surface area contributed by atoms with E-state index in [0.717, 1.165) is 25.7 Å². The van der Waals surface area contributed by atoms with Crippen molar-refractivity contribution in [2.75, 3.05) is 56.2 Å². The fraction of sp³-hybridized carbons (Fsp3) is 0.571. The molecule has 1 saturated heterocycles. The molecule has 2 aromatic heterocycles. The summed E-state index contributed by atoms with van der Waals surface area (Å²) in [5, 5.41) is 12.5. The van der Waals surface area contributed by atoms with Gasteiger partial charge in [-0.2, -0.15) is 15.2 Å². The van der Waals surface area contributed by atoms with E-state index in [-0.39, 0.29) is 25.0 Å². The van der Waals surface area contributed by atoms with E-state index in [1.54, 1.807) is 30.3 Å². The molecule has 2 fully saturated rings. The first-order valence-electron chi connectivity index (χ1n) is 13.9. The molecule has 0 spiro atoms. The third-order valence-corrected chi connectivity index (χ3v) is 7.69. The number of nitrogens with one attached hydrogen (secondary N) is 1. The van der Waals surface area contributed by atoms with Crippen LogP contribution < -0.4 is 10.2 Å². The number of aromatic nitrogens is 4. The second-order valence-electron chi connectivity index (χ2n) is 10.5. The Morgan fingerprint density at radius 1 is 1.07 bits per heavy atom. The van der Waals surface area contributed by atoms with Crippen LogP contribution in [0.1, 0.15) is 44.9 Å². The number of morpholine rings is 1. The highest BCUT2D eigenvalue weighted by Crippen LogP contribution is 2.31. The highest BCUT2D eigenvalue weighted by Gasteiger charge is 2.27. The number of hydrogen-bond acceptors (Lipinski definition) is 8. The molecule has 1 saturated carbocycles. The van der Waals surface area contributed by atoms with Crippen LogP contribution in [0.25, 0.3) is 16.9 Å². The van der Waals surface area contributed by atoms with Gasteiger partial charge in [0.25, 0.3) is 6.43 Å². The molecule has 1 aliphatic heterocycles. The number of ether oxygens (including phenoxy) is 1. The maximum absolute atomic E-state index is 14.1. The van der Waals surface area contributed by atoms with Crippen LogP contribution in [0.2, 0.25) is 0 Å². The van der Waals surface area contributed by atoms with E-state index in [1.165, 1.54) is 11.5 Å². The first-order valence-corrected chi connectivity index (χ1v) is 13.9. The van der Waals surface area contributed by atoms with Crippen LogP contribution in [0.15, 0.2) is 30.3 Å². The number of nitrogens with zero attached hydrogens (tertiary/aromatic N) is 7. The Balaban J connectivity index is 1.36. The lowest BCUT2D eigenvalue weighted by Gasteiger charge is -2.36. The van der Waals surface area contributed by atoms with Crippen molar-refractivity contribution >= 4 is 22.8 Å². The highest BCUT2D eigenvalue weighted by atomic mass is 19.3. The minimum Gasteiger partial charge on any atom is -0.378 e. The minimum atomic E-state index is -2.78. The van der Waals surface area contributed by atoms with Gasteiger partial charge in [0.05, 0.1) is 36.9 Å². The monoisotopic (exact) mass is 556 g/mol. The standard InChI is InChI=1S/C28H35F3N8O/c1-19(29)18-38(11-10-32)21-8-6-20(7-9-21)17-33-28-35-24(37-12-14-40-15-13-37)16-25(36-28)39-23-5-3-2-4-22(23)34-27(39)26(30)31/h2-5,16,19-21,26H,6-9,11-15,17-18H2,1H3,(H,33,35,36). The maximum atomic E-state index is 14.1. The van der Waals surface area contributed by atoms with Crippen molar-refractivity contribution in [1.82, 2.24) is 24.4 Å². The second-order valence-corrected chi connectivity index (χ2v) is 10.5. The molecular formula is C28H35F3N8O. The lowest BCUT2D eigenvalue weighted by Crippen LogP contribution is -2.42. The van der Waals surface area contributed by atoms with Crippen LogP contribution in [0.5, 0.6) is 0 Å².